The van der Waals surface area contributed by atoms with E-state index in [9.17, 15) is 4.79 Å². The van der Waals surface area contributed by atoms with E-state index in [4.69, 9.17) is 0 Å². The van der Waals surface area contributed by atoms with E-state index in [1.807, 2.05) is 26.0 Å². The highest BCUT2D eigenvalue weighted by molar-refractivity contribution is 5.95. The molecule has 1 fully saturated rings. The van der Waals surface area contributed by atoms with Crippen molar-refractivity contribution in [1.82, 2.24) is 5.32 Å². The molecule has 1 rings (SSSR count). The van der Waals surface area contributed by atoms with E-state index in [2.05, 4.69) is 30.1 Å². The molecule has 1 N–H and O–H groups in total. The number of amides is 1. The van der Waals surface area contributed by atoms with E-state index in [1.54, 1.807) is 0 Å². The minimum atomic E-state index is -0.0438. The molecule has 0 unspecified atom stereocenters. The fourth-order valence-electron chi connectivity index (χ4n) is 1.53. The summed E-state index contributed by atoms with van der Waals surface area (Å²) in [6.07, 6.45) is 14.3. The average Bonchev–Trinajstić information content (AvgIpc) is 3.17. The van der Waals surface area contributed by atoms with Gasteiger partial charge in [-0.15, -0.1) is 0 Å². The van der Waals surface area contributed by atoms with Crippen LogP contribution in [0, 0.1) is 0 Å². The van der Waals surface area contributed by atoms with Crippen LogP contribution >= 0.6 is 0 Å². The zero-order valence-corrected chi connectivity index (χ0v) is 11.4. The first-order valence-electron chi connectivity index (χ1n) is 6.61. The molecule has 0 aromatic rings. The van der Waals surface area contributed by atoms with Crippen LogP contribution in [0.4, 0.5) is 0 Å². The van der Waals surface area contributed by atoms with Gasteiger partial charge in [-0.25, -0.2) is 0 Å². The van der Waals surface area contributed by atoms with Crippen molar-refractivity contribution in [3.63, 3.8) is 0 Å². The Morgan fingerprint density at radius 3 is 2.61 bits per heavy atom. The molecule has 2 nitrogen and oxygen atoms in total. The van der Waals surface area contributed by atoms with Crippen molar-refractivity contribution in [1.29, 1.82) is 0 Å². The van der Waals surface area contributed by atoms with Gasteiger partial charge in [0.15, 0.2) is 0 Å². The molecule has 0 saturated heterocycles. The predicted octanol–water partition coefficient (Wildman–Crippen LogP) is 3.68. The zero-order valence-electron chi connectivity index (χ0n) is 11.4. The van der Waals surface area contributed by atoms with Crippen molar-refractivity contribution in [3.05, 3.63) is 48.1 Å². The summed E-state index contributed by atoms with van der Waals surface area (Å²) >= 11 is 0. The van der Waals surface area contributed by atoms with E-state index in [-0.39, 0.29) is 5.91 Å². The van der Waals surface area contributed by atoms with Crippen molar-refractivity contribution in [3.8, 4) is 0 Å². The van der Waals surface area contributed by atoms with E-state index in [0.717, 1.165) is 25.7 Å². The normalized spacial score (nSPS) is 16.4. The summed E-state index contributed by atoms with van der Waals surface area (Å²) in [5.74, 6) is -0.0438. The molecule has 0 radical (unpaired) electrons. The first-order valence-corrected chi connectivity index (χ1v) is 6.61. The third kappa shape index (κ3) is 5.67. The molecule has 1 saturated carbocycles. The Morgan fingerprint density at radius 1 is 1.33 bits per heavy atom. The van der Waals surface area contributed by atoms with Crippen LogP contribution in [0.1, 0.15) is 39.5 Å². The number of nitrogens with one attached hydrogen (secondary N) is 1. The molecule has 0 aromatic carbocycles. The molecule has 98 valence electrons. The lowest BCUT2D eigenvalue weighted by atomic mass is 10.1. The maximum Gasteiger partial charge on any atom is 0.250 e. The second kappa shape index (κ2) is 7.70. The second-order valence-corrected chi connectivity index (χ2v) is 4.58. The van der Waals surface area contributed by atoms with Gasteiger partial charge in [-0.1, -0.05) is 36.5 Å². The quantitative estimate of drug-likeness (QED) is 0.414. The van der Waals surface area contributed by atoms with Crippen molar-refractivity contribution in [2.24, 2.45) is 0 Å². The fourth-order valence-corrected chi connectivity index (χ4v) is 1.53. The zero-order chi connectivity index (χ0) is 13.4. The monoisotopic (exact) mass is 245 g/mol. The van der Waals surface area contributed by atoms with Crippen LogP contribution in [-0.4, -0.2) is 11.9 Å². The highest BCUT2D eigenvalue weighted by Gasteiger charge is 2.23. The van der Waals surface area contributed by atoms with Gasteiger partial charge in [0.1, 0.15) is 0 Å². The van der Waals surface area contributed by atoms with Gasteiger partial charge in [-0.3, -0.25) is 4.79 Å². The lowest BCUT2D eigenvalue weighted by Gasteiger charge is -2.03. The molecular weight excluding hydrogens is 222 g/mol. The Hall–Kier alpha value is -1.57. The lowest BCUT2D eigenvalue weighted by molar-refractivity contribution is -0.117. The Bertz CT molecular complexity index is 384. The van der Waals surface area contributed by atoms with Gasteiger partial charge in [0.05, 0.1) is 0 Å². The molecular formula is C16H23NO. The molecule has 0 spiro atoms. The van der Waals surface area contributed by atoms with Crippen LogP contribution in [0.5, 0.6) is 0 Å². The third-order valence-corrected chi connectivity index (χ3v) is 2.91. The lowest BCUT2D eigenvalue weighted by Crippen LogP contribution is -2.25. The topological polar surface area (TPSA) is 29.1 Å². The summed E-state index contributed by atoms with van der Waals surface area (Å²) < 4.78 is 0. The van der Waals surface area contributed by atoms with E-state index >= 15 is 0 Å². The van der Waals surface area contributed by atoms with Crippen LogP contribution in [0.2, 0.25) is 0 Å². The summed E-state index contributed by atoms with van der Waals surface area (Å²) in [5, 5.41) is 2.93. The second-order valence-electron chi connectivity index (χ2n) is 4.58. The maximum atomic E-state index is 11.7. The number of hydrogen-bond donors (Lipinski definition) is 1. The minimum Gasteiger partial charge on any atom is -0.349 e. The first kappa shape index (κ1) is 14.5. The number of rotatable bonds is 7. The molecule has 1 aliphatic rings. The average molecular weight is 245 g/mol. The van der Waals surface area contributed by atoms with Crippen molar-refractivity contribution >= 4 is 5.91 Å². The number of allylic oxidation sites excluding steroid dienone is 5. The van der Waals surface area contributed by atoms with Crippen molar-refractivity contribution in [2.45, 2.75) is 45.6 Å². The molecule has 1 amide bonds. The predicted molar refractivity (Wildman–Crippen MR) is 77.2 cm³/mol. The Balaban J connectivity index is 2.39. The molecule has 0 bridgehead atoms. The van der Waals surface area contributed by atoms with Crippen LogP contribution in [-0.2, 0) is 4.79 Å². The van der Waals surface area contributed by atoms with Gasteiger partial charge in [-0.2, -0.15) is 0 Å². The highest BCUT2D eigenvalue weighted by Crippen LogP contribution is 2.19. The fraction of sp³-hybridized carbons (Fsp3) is 0.438. The van der Waals surface area contributed by atoms with Crippen molar-refractivity contribution < 1.29 is 4.79 Å². The van der Waals surface area contributed by atoms with E-state index in [0.29, 0.717) is 11.6 Å². The van der Waals surface area contributed by atoms with Crippen LogP contribution < -0.4 is 5.32 Å². The van der Waals surface area contributed by atoms with E-state index < -0.39 is 0 Å². The van der Waals surface area contributed by atoms with Crippen LogP contribution in [0.3, 0.4) is 0 Å². The van der Waals surface area contributed by atoms with Gasteiger partial charge in [0, 0.05) is 11.6 Å². The minimum absolute atomic E-state index is 0.0438. The number of carbonyl (C=O) groups is 1. The van der Waals surface area contributed by atoms with Crippen LogP contribution in [0.15, 0.2) is 48.1 Å². The molecule has 0 aromatic heterocycles. The van der Waals surface area contributed by atoms with Gasteiger partial charge < -0.3 is 5.32 Å². The highest BCUT2D eigenvalue weighted by atomic mass is 16.1. The number of carbonyl (C=O) groups excluding carboxylic acids is 1. The SMILES string of the molecule is C=C(C=CC(=CC)CCC=CC)C(=O)NC1CC1. The molecule has 0 aliphatic heterocycles. The number of hydrogen-bond acceptors (Lipinski definition) is 1. The Morgan fingerprint density at radius 2 is 2.06 bits per heavy atom. The third-order valence-electron chi connectivity index (χ3n) is 2.91. The summed E-state index contributed by atoms with van der Waals surface area (Å²) in [6, 6.07) is 0.388. The first-order chi connectivity index (χ1) is 8.67. The molecule has 2 heteroatoms. The van der Waals surface area contributed by atoms with Gasteiger partial charge >= 0.3 is 0 Å². The van der Waals surface area contributed by atoms with E-state index in [1.165, 1.54) is 5.57 Å². The standard InChI is InChI=1S/C16H23NO/c1-4-6-7-8-14(5-2)10-9-13(3)16(18)17-15-11-12-15/h4-6,9-10,15H,3,7-8,11-12H2,1-2H3,(H,17,18). The van der Waals surface area contributed by atoms with Gasteiger partial charge in [-0.05, 0) is 45.6 Å². The van der Waals surface area contributed by atoms with Gasteiger partial charge in [0.25, 0.3) is 5.91 Å². The molecule has 0 heterocycles. The Labute approximate surface area is 110 Å². The maximum absolute atomic E-state index is 11.7. The molecule has 18 heavy (non-hydrogen) atoms. The largest absolute Gasteiger partial charge is 0.349 e. The Kier molecular flexibility index (Phi) is 6.20. The summed E-state index contributed by atoms with van der Waals surface area (Å²) in [7, 11) is 0. The van der Waals surface area contributed by atoms with Crippen LogP contribution in [0.25, 0.3) is 0 Å². The molecule has 0 atom stereocenters. The molecule has 1 aliphatic carbocycles. The van der Waals surface area contributed by atoms with Gasteiger partial charge in [0.2, 0.25) is 0 Å². The summed E-state index contributed by atoms with van der Waals surface area (Å²) in [4.78, 5) is 11.7. The van der Waals surface area contributed by atoms with Crippen molar-refractivity contribution in [2.75, 3.05) is 0 Å². The summed E-state index contributed by atoms with van der Waals surface area (Å²) in [5.41, 5.74) is 1.76. The summed E-state index contributed by atoms with van der Waals surface area (Å²) in [6.45, 7) is 7.84. The smallest absolute Gasteiger partial charge is 0.250 e.